The molecule has 8 heteroatoms. The average Bonchev–Trinajstić information content (AvgIpc) is 2.91. The Morgan fingerprint density at radius 3 is 3.05 bits per heavy atom. The van der Waals surface area contributed by atoms with E-state index < -0.39 is 0 Å². The number of likely N-dealkylation sites (N-methyl/N-ethyl adjacent to an activating group) is 1. The zero-order valence-corrected chi connectivity index (χ0v) is 11.7. The highest BCUT2D eigenvalue weighted by molar-refractivity contribution is 7.98. The van der Waals surface area contributed by atoms with Crippen LogP contribution in [-0.4, -0.2) is 33.8 Å². The zero-order valence-electron chi connectivity index (χ0n) is 10.9. The van der Waals surface area contributed by atoms with Crippen LogP contribution in [0.3, 0.4) is 0 Å². The van der Waals surface area contributed by atoms with Crippen LogP contribution in [0.1, 0.15) is 11.1 Å². The number of nitriles is 1. The molecule has 20 heavy (non-hydrogen) atoms. The number of benzene rings is 1. The quantitative estimate of drug-likeness (QED) is 0.806. The molecule has 0 fully saturated rings. The Morgan fingerprint density at radius 1 is 1.50 bits per heavy atom. The lowest BCUT2D eigenvalue weighted by atomic mass is 10.1. The van der Waals surface area contributed by atoms with E-state index in [2.05, 4.69) is 20.8 Å². The van der Waals surface area contributed by atoms with Gasteiger partial charge in [0, 0.05) is 12.3 Å². The molecule has 0 saturated carbocycles. The van der Waals surface area contributed by atoms with Gasteiger partial charge < -0.3 is 5.32 Å². The maximum Gasteiger partial charge on any atom is 0.209 e. The van der Waals surface area contributed by atoms with Gasteiger partial charge >= 0.3 is 0 Å². The van der Waals surface area contributed by atoms with Crippen LogP contribution in [0, 0.1) is 17.1 Å². The number of nitrogens with one attached hydrogen (secondary N) is 1. The van der Waals surface area contributed by atoms with Crippen LogP contribution in [0.15, 0.2) is 23.4 Å². The minimum atomic E-state index is -0.384. The third-order valence-corrected chi connectivity index (χ3v) is 3.62. The summed E-state index contributed by atoms with van der Waals surface area (Å²) in [5.41, 5.74) is 0.840. The smallest absolute Gasteiger partial charge is 0.209 e. The molecule has 0 radical (unpaired) electrons. The van der Waals surface area contributed by atoms with Crippen molar-refractivity contribution in [3.8, 4) is 6.07 Å². The number of halogens is 1. The molecule has 0 aliphatic heterocycles. The molecule has 6 nitrogen and oxygen atoms in total. The number of tetrazole rings is 1. The summed E-state index contributed by atoms with van der Waals surface area (Å²) in [5.74, 6) is 0.0306. The van der Waals surface area contributed by atoms with Gasteiger partial charge in [-0.15, -0.1) is 5.10 Å². The number of thioether (sulfide) groups is 1. The van der Waals surface area contributed by atoms with E-state index >= 15 is 0 Å². The van der Waals surface area contributed by atoms with Gasteiger partial charge in [-0.3, -0.25) is 0 Å². The van der Waals surface area contributed by atoms with E-state index in [9.17, 15) is 4.39 Å². The van der Waals surface area contributed by atoms with Crippen LogP contribution in [0.25, 0.3) is 0 Å². The molecule has 0 aliphatic rings. The monoisotopic (exact) mass is 292 g/mol. The van der Waals surface area contributed by atoms with Gasteiger partial charge in [0.25, 0.3) is 0 Å². The van der Waals surface area contributed by atoms with Gasteiger partial charge in [-0.2, -0.15) is 5.26 Å². The van der Waals surface area contributed by atoms with Gasteiger partial charge in [0.2, 0.25) is 5.16 Å². The van der Waals surface area contributed by atoms with Crippen LogP contribution in [0.5, 0.6) is 0 Å². The first kappa shape index (κ1) is 14.4. The molecular weight excluding hydrogens is 279 g/mol. The number of aromatic nitrogens is 4. The van der Waals surface area contributed by atoms with E-state index in [0.717, 1.165) is 6.54 Å². The van der Waals surface area contributed by atoms with E-state index in [-0.39, 0.29) is 5.82 Å². The van der Waals surface area contributed by atoms with Gasteiger partial charge in [0.05, 0.1) is 18.2 Å². The highest BCUT2D eigenvalue weighted by Crippen LogP contribution is 2.22. The highest BCUT2D eigenvalue weighted by Gasteiger charge is 2.09. The first-order chi connectivity index (χ1) is 9.74. The second-order valence-electron chi connectivity index (χ2n) is 3.99. The predicted octanol–water partition coefficient (Wildman–Crippen LogP) is 1.20. The Morgan fingerprint density at radius 2 is 2.35 bits per heavy atom. The zero-order chi connectivity index (χ0) is 14.4. The summed E-state index contributed by atoms with van der Waals surface area (Å²) < 4.78 is 15.4. The van der Waals surface area contributed by atoms with Crippen molar-refractivity contribution in [1.29, 1.82) is 5.26 Å². The number of hydrogen-bond donors (Lipinski definition) is 1. The Bertz CT molecular complexity index is 621. The summed E-state index contributed by atoms with van der Waals surface area (Å²) in [7, 11) is 1.85. The van der Waals surface area contributed by atoms with Gasteiger partial charge in [-0.05, 0) is 35.2 Å². The summed E-state index contributed by atoms with van der Waals surface area (Å²) in [6.07, 6.45) is 0. The fourth-order valence-corrected chi connectivity index (χ4v) is 2.42. The summed E-state index contributed by atoms with van der Waals surface area (Å²) in [6, 6.07) is 6.36. The van der Waals surface area contributed by atoms with E-state index in [4.69, 9.17) is 5.26 Å². The fourth-order valence-electron chi connectivity index (χ4n) is 1.53. The molecule has 0 atom stereocenters. The van der Waals surface area contributed by atoms with E-state index in [0.29, 0.717) is 28.6 Å². The molecule has 2 rings (SSSR count). The van der Waals surface area contributed by atoms with Crippen LogP contribution < -0.4 is 5.32 Å². The van der Waals surface area contributed by atoms with Crippen molar-refractivity contribution in [3.05, 3.63) is 35.1 Å². The topological polar surface area (TPSA) is 79.4 Å². The van der Waals surface area contributed by atoms with Crippen LogP contribution in [0.2, 0.25) is 0 Å². The lowest BCUT2D eigenvalue weighted by Gasteiger charge is -2.05. The molecule has 2 aromatic rings. The van der Waals surface area contributed by atoms with Crippen molar-refractivity contribution < 1.29 is 4.39 Å². The fraction of sp³-hybridized carbons (Fsp3) is 0.333. The summed E-state index contributed by atoms with van der Waals surface area (Å²) in [6.45, 7) is 1.41. The van der Waals surface area contributed by atoms with Gasteiger partial charge in [-0.25, -0.2) is 9.07 Å². The van der Waals surface area contributed by atoms with Crippen molar-refractivity contribution >= 4 is 11.8 Å². The minimum absolute atomic E-state index is 0.315. The largest absolute Gasteiger partial charge is 0.318 e. The maximum atomic E-state index is 13.7. The van der Waals surface area contributed by atoms with Crippen molar-refractivity contribution in [2.24, 2.45) is 0 Å². The molecular formula is C12H13FN6S. The first-order valence-corrected chi connectivity index (χ1v) is 6.95. The lowest BCUT2D eigenvalue weighted by Crippen LogP contribution is -2.16. The van der Waals surface area contributed by atoms with Crippen molar-refractivity contribution in [1.82, 2.24) is 25.5 Å². The highest BCUT2D eigenvalue weighted by atomic mass is 32.2. The molecule has 0 bridgehead atoms. The van der Waals surface area contributed by atoms with Gasteiger partial charge in [0.1, 0.15) is 5.82 Å². The molecule has 1 N–H and O–H groups in total. The number of nitrogens with zero attached hydrogens (tertiary/aromatic N) is 5. The standard InChI is InChI=1S/C12H13FN6S/c1-15-4-5-19-12(16-17-18-19)20-8-10-3-2-9(7-14)6-11(10)13/h2-3,6,15H,4-5,8H2,1H3. The van der Waals surface area contributed by atoms with Crippen LogP contribution in [0.4, 0.5) is 4.39 Å². The molecule has 1 aromatic carbocycles. The SMILES string of the molecule is CNCCn1nnnc1SCc1ccc(C#N)cc1F. The van der Waals surface area contributed by atoms with Gasteiger partial charge in [0.15, 0.2) is 0 Å². The lowest BCUT2D eigenvalue weighted by molar-refractivity contribution is 0.530. The molecule has 1 heterocycles. The average molecular weight is 292 g/mol. The molecule has 0 aliphatic carbocycles. The summed E-state index contributed by atoms with van der Waals surface area (Å²) >= 11 is 1.36. The molecule has 0 spiro atoms. The summed E-state index contributed by atoms with van der Waals surface area (Å²) in [4.78, 5) is 0. The van der Waals surface area contributed by atoms with Crippen molar-refractivity contribution in [2.45, 2.75) is 17.5 Å². The second-order valence-corrected chi connectivity index (χ2v) is 4.94. The van der Waals surface area contributed by atoms with Crippen molar-refractivity contribution in [2.75, 3.05) is 13.6 Å². The maximum absolute atomic E-state index is 13.7. The Hall–Kier alpha value is -1.98. The van der Waals surface area contributed by atoms with Crippen molar-refractivity contribution in [3.63, 3.8) is 0 Å². The molecule has 0 saturated heterocycles. The van der Waals surface area contributed by atoms with Crippen LogP contribution in [-0.2, 0) is 12.3 Å². The van der Waals surface area contributed by atoms with E-state index in [1.54, 1.807) is 16.8 Å². The second kappa shape index (κ2) is 6.98. The third kappa shape index (κ3) is 3.53. The molecule has 1 aromatic heterocycles. The normalized spacial score (nSPS) is 10.4. The van der Waals surface area contributed by atoms with Crippen LogP contribution >= 0.6 is 11.8 Å². The Balaban J connectivity index is 2.02. The Labute approximate surface area is 120 Å². The number of rotatable bonds is 6. The molecule has 104 valence electrons. The minimum Gasteiger partial charge on any atom is -0.318 e. The van der Waals surface area contributed by atoms with E-state index in [1.165, 1.54) is 17.8 Å². The Kier molecular flexibility index (Phi) is 5.03. The van der Waals surface area contributed by atoms with Gasteiger partial charge in [-0.1, -0.05) is 17.8 Å². The third-order valence-electron chi connectivity index (χ3n) is 2.61. The molecule has 0 amide bonds. The van der Waals surface area contributed by atoms with E-state index in [1.807, 2.05) is 13.1 Å². The molecule has 0 unspecified atom stereocenters. The number of hydrogen-bond acceptors (Lipinski definition) is 6. The summed E-state index contributed by atoms with van der Waals surface area (Å²) in [5, 5.41) is 23.7. The predicted molar refractivity (Wildman–Crippen MR) is 72.4 cm³/mol. The first-order valence-electron chi connectivity index (χ1n) is 5.96.